The molecular formula is C15H16Cl. The molecule has 0 spiro atoms. The summed E-state index contributed by atoms with van der Waals surface area (Å²) in [6, 6.07) is 8.03. The van der Waals surface area contributed by atoms with E-state index in [9.17, 15) is 0 Å². The number of hydrogen-bond donors (Lipinski definition) is 0. The van der Waals surface area contributed by atoms with Gasteiger partial charge in [-0.2, -0.15) is 0 Å². The molecule has 0 aliphatic heterocycles. The fourth-order valence-corrected chi connectivity index (χ4v) is 1.50. The van der Waals surface area contributed by atoms with Crippen LogP contribution in [0.2, 0.25) is 5.02 Å². The van der Waals surface area contributed by atoms with Gasteiger partial charge in [0.1, 0.15) is 0 Å². The number of rotatable bonds is 6. The molecule has 0 aliphatic carbocycles. The van der Waals surface area contributed by atoms with Crippen molar-refractivity contribution < 1.29 is 0 Å². The monoisotopic (exact) mass is 231 g/mol. The third kappa shape index (κ3) is 5.57. The number of aryl methyl sites for hydroxylation is 1. The van der Waals surface area contributed by atoms with Crippen LogP contribution in [0.5, 0.6) is 0 Å². The van der Waals surface area contributed by atoms with Gasteiger partial charge in [-0.25, -0.2) is 0 Å². The van der Waals surface area contributed by atoms with Crippen LogP contribution in [0.1, 0.15) is 18.4 Å². The van der Waals surface area contributed by atoms with Crippen LogP contribution in [0.15, 0.2) is 54.6 Å². The van der Waals surface area contributed by atoms with Gasteiger partial charge in [0.15, 0.2) is 0 Å². The van der Waals surface area contributed by atoms with E-state index in [1.165, 1.54) is 11.6 Å². The first-order chi connectivity index (χ1) is 7.83. The number of unbranched alkanes of at least 4 members (excludes halogenated alkanes) is 1. The minimum absolute atomic E-state index is 0.798. The fourth-order valence-electron chi connectivity index (χ4n) is 1.38. The van der Waals surface area contributed by atoms with E-state index in [0.29, 0.717) is 0 Å². The summed E-state index contributed by atoms with van der Waals surface area (Å²) in [5.41, 5.74) is 1.34. The Balaban J connectivity index is 2.20. The molecule has 0 saturated carbocycles. The first-order valence-corrected chi connectivity index (χ1v) is 5.82. The highest BCUT2D eigenvalue weighted by atomic mass is 35.5. The molecule has 1 aromatic carbocycles. The van der Waals surface area contributed by atoms with Crippen LogP contribution in [0.4, 0.5) is 0 Å². The molecule has 1 rings (SSSR count). The molecule has 16 heavy (non-hydrogen) atoms. The van der Waals surface area contributed by atoms with Gasteiger partial charge in [-0.05, 0) is 37.0 Å². The third-order valence-electron chi connectivity index (χ3n) is 2.22. The quantitative estimate of drug-likeness (QED) is 0.489. The molecule has 0 heterocycles. The predicted octanol–water partition coefficient (Wildman–Crippen LogP) is 4.76. The summed E-state index contributed by atoms with van der Waals surface area (Å²) < 4.78 is 0. The molecular weight excluding hydrogens is 216 g/mol. The van der Waals surface area contributed by atoms with E-state index in [1.54, 1.807) is 0 Å². The van der Waals surface area contributed by atoms with Gasteiger partial charge >= 0.3 is 0 Å². The maximum absolute atomic E-state index is 5.81. The lowest BCUT2D eigenvalue weighted by Gasteiger charge is -1.98. The average Bonchev–Trinajstić information content (AvgIpc) is 2.30. The van der Waals surface area contributed by atoms with Crippen molar-refractivity contribution in [1.82, 2.24) is 0 Å². The van der Waals surface area contributed by atoms with Crippen LogP contribution in [0.3, 0.4) is 0 Å². The minimum Gasteiger partial charge on any atom is -0.0845 e. The normalized spacial score (nSPS) is 11.3. The summed E-state index contributed by atoms with van der Waals surface area (Å²) in [5.74, 6) is 0. The van der Waals surface area contributed by atoms with Crippen molar-refractivity contribution in [3.05, 3.63) is 71.8 Å². The van der Waals surface area contributed by atoms with Crippen molar-refractivity contribution in [2.75, 3.05) is 0 Å². The smallest absolute Gasteiger partial charge is 0.0406 e. The van der Waals surface area contributed by atoms with Crippen LogP contribution in [-0.2, 0) is 6.42 Å². The van der Waals surface area contributed by atoms with Crippen molar-refractivity contribution >= 4 is 11.6 Å². The summed E-state index contributed by atoms with van der Waals surface area (Å²) in [6.07, 6.45) is 12.8. The summed E-state index contributed by atoms with van der Waals surface area (Å²) >= 11 is 5.81. The van der Waals surface area contributed by atoms with Crippen LogP contribution < -0.4 is 0 Å². The molecule has 0 aliphatic rings. The Morgan fingerprint density at radius 1 is 1.06 bits per heavy atom. The summed E-state index contributed by atoms with van der Waals surface area (Å²) in [7, 11) is 0. The van der Waals surface area contributed by atoms with Gasteiger partial charge in [0.05, 0.1) is 0 Å². The molecule has 0 atom stereocenters. The highest BCUT2D eigenvalue weighted by Gasteiger charge is 1.91. The van der Waals surface area contributed by atoms with Crippen molar-refractivity contribution in [2.45, 2.75) is 19.3 Å². The van der Waals surface area contributed by atoms with E-state index < -0.39 is 0 Å². The SMILES string of the molecule is [CH]=C/C=C/C=C/CCCc1ccc(Cl)cc1. The molecule has 1 radical (unpaired) electrons. The highest BCUT2D eigenvalue weighted by molar-refractivity contribution is 6.30. The Kier molecular flexibility index (Phi) is 6.36. The molecule has 1 aromatic rings. The second-order valence-electron chi connectivity index (χ2n) is 3.52. The van der Waals surface area contributed by atoms with Crippen LogP contribution in [-0.4, -0.2) is 0 Å². The molecule has 0 unspecified atom stereocenters. The number of halogens is 1. The van der Waals surface area contributed by atoms with Gasteiger partial charge in [0, 0.05) is 5.02 Å². The van der Waals surface area contributed by atoms with E-state index in [1.807, 2.05) is 30.4 Å². The van der Waals surface area contributed by atoms with Crippen LogP contribution >= 0.6 is 11.6 Å². The zero-order valence-corrected chi connectivity index (χ0v) is 10.0. The molecule has 0 N–H and O–H groups in total. The number of hydrogen-bond acceptors (Lipinski definition) is 0. The second kappa shape index (κ2) is 7.95. The summed E-state index contributed by atoms with van der Waals surface area (Å²) in [5, 5.41) is 0.798. The van der Waals surface area contributed by atoms with Crippen LogP contribution in [0.25, 0.3) is 0 Å². The lowest BCUT2D eigenvalue weighted by atomic mass is 10.1. The summed E-state index contributed by atoms with van der Waals surface area (Å²) in [6.45, 7) is 5.20. The fraction of sp³-hybridized carbons (Fsp3) is 0.200. The van der Waals surface area contributed by atoms with Crippen molar-refractivity contribution in [3.63, 3.8) is 0 Å². The first kappa shape index (κ1) is 12.8. The molecule has 1 heteroatoms. The van der Waals surface area contributed by atoms with Gasteiger partial charge in [-0.3, -0.25) is 0 Å². The Labute approximate surface area is 103 Å². The molecule has 0 aromatic heterocycles. The number of allylic oxidation sites excluding steroid dienone is 5. The standard InChI is InChI=1S/C15H16Cl/c1-2-3-4-5-6-7-8-9-14-10-12-15(16)13-11-14/h1-6,10-13H,7-9H2/b2-1?,4-3+,6-5+. The van der Waals surface area contributed by atoms with Crippen molar-refractivity contribution in [1.29, 1.82) is 0 Å². The minimum atomic E-state index is 0.798. The predicted molar refractivity (Wildman–Crippen MR) is 71.5 cm³/mol. The summed E-state index contributed by atoms with van der Waals surface area (Å²) in [4.78, 5) is 0. The van der Waals surface area contributed by atoms with Gasteiger partial charge < -0.3 is 0 Å². The van der Waals surface area contributed by atoms with Crippen molar-refractivity contribution in [3.8, 4) is 0 Å². The Bertz CT molecular complexity index is 358. The Morgan fingerprint density at radius 3 is 2.50 bits per heavy atom. The van der Waals surface area contributed by atoms with Gasteiger partial charge in [-0.15, -0.1) is 0 Å². The van der Waals surface area contributed by atoms with E-state index in [4.69, 9.17) is 18.2 Å². The lowest BCUT2D eigenvalue weighted by molar-refractivity contribution is 0.843. The van der Waals surface area contributed by atoms with Gasteiger partial charge in [-0.1, -0.05) is 60.7 Å². The first-order valence-electron chi connectivity index (χ1n) is 5.44. The van der Waals surface area contributed by atoms with E-state index in [2.05, 4.69) is 18.2 Å². The average molecular weight is 232 g/mol. The van der Waals surface area contributed by atoms with E-state index in [-0.39, 0.29) is 0 Å². The molecule has 0 amide bonds. The lowest BCUT2D eigenvalue weighted by Crippen LogP contribution is -1.83. The van der Waals surface area contributed by atoms with Crippen molar-refractivity contribution in [2.24, 2.45) is 0 Å². The molecule has 0 saturated heterocycles. The van der Waals surface area contributed by atoms with E-state index >= 15 is 0 Å². The molecule has 0 bridgehead atoms. The molecule has 0 fully saturated rings. The second-order valence-corrected chi connectivity index (χ2v) is 3.96. The van der Waals surface area contributed by atoms with Gasteiger partial charge in [0.25, 0.3) is 0 Å². The van der Waals surface area contributed by atoms with Crippen LogP contribution in [0, 0.1) is 6.58 Å². The maximum atomic E-state index is 5.81. The maximum Gasteiger partial charge on any atom is 0.0406 e. The zero-order valence-electron chi connectivity index (χ0n) is 9.27. The van der Waals surface area contributed by atoms with Gasteiger partial charge in [0.2, 0.25) is 0 Å². The number of benzene rings is 1. The Hall–Kier alpha value is -1.27. The third-order valence-corrected chi connectivity index (χ3v) is 2.47. The van der Waals surface area contributed by atoms with E-state index in [0.717, 1.165) is 24.3 Å². The molecule has 83 valence electrons. The molecule has 0 nitrogen and oxygen atoms in total. The Morgan fingerprint density at radius 2 is 1.81 bits per heavy atom. The zero-order chi connectivity index (χ0) is 11.6. The largest absolute Gasteiger partial charge is 0.0845 e. The topological polar surface area (TPSA) is 0 Å². The highest BCUT2D eigenvalue weighted by Crippen LogP contribution is 2.11.